The smallest absolute Gasteiger partial charge is 0.0605 e. The van der Waals surface area contributed by atoms with Gasteiger partial charge in [0.2, 0.25) is 0 Å². The maximum Gasteiger partial charge on any atom is 0.0605 e. The molecule has 1 N–H and O–H groups in total. The molecule has 0 saturated heterocycles. The Labute approximate surface area is 123 Å². The monoisotopic (exact) mass is 272 g/mol. The molecule has 2 aliphatic rings. The Kier molecular flexibility index (Phi) is 4.72. The molecule has 110 valence electrons. The maximum atomic E-state index is 4.62. The Hall–Kier alpha value is -0.890. The molecular weight excluding hydrogens is 244 g/mol. The number of fused-ring (bicyclic) bond motifs is 1. The average Bonchev–Trinajstić information content (AvgIpc) is 2.48. The third-order valence-electron chi connectivity index (χ3n) is 5.18. The minimum Gasteiger partial charge on any atom is -0.309 e. The SMILES string of the molecule is CC1CCCC(CCNC2CCCc3cccnc32)C1. The van der Waals surface area contributed by atoms with E-state index in [4.69, 9.17) is 0 Å². The molecule has 0 bridgehead atoms. The van der Waals surface area contributed by atoms with Gasteiger partial charge in [0.25, 0.3) is 0 Å². The van der Waals surface area contributed by atoms with Crippen LogP contribution < -0.4 is 5.32 Å². The summed E-state index contributed by atoms with van der Waals surface area (Å²) in [6.07, 6.45) is 12.9. The summed E-state index contributed by atoms with van der Waals surface area (Å²) >= 11 is 0. The highest BCUT2D eigenvalue weighted by atomic mass is 14.9. The van der Waals surface area contributed by atoms with Gasteiger partial charge >= 0.3 is 0 Å². The van der Waals surface area contributed by atoms with Crippen molar-refractivity contribution >= 4 is 0 Å². The number of rotatable bonds is 4. The quantitative estimate of drug-likeness (QED) is 0.885. The topological polar surface area (TPSA) is 24.9 Å². The summed E-state index contributed by atoms with van der Waals surface area (Å²) < 4.78 is 0. The molecule has 0 amide bonds. The van der Waals surface area contributed by atoms with Crippen molar-refractivity contribution in [3.05, 3.63) is 29.6 Å². The van der Waals surface area contributed by atoms with E-state index in [9.17, 15) is 0 Å². The Morgan fingerprint density at radius 2 is 2.20 bits per heavy atom. The molecule has 1 aromatic heterocycles. The number of aromatic nitrogens is 1. The third-order valence-corrected chi connectivity index (χ3v) is 5.18. The van der Waals surface area contributed by atoms with E-state index in [0.29, 0.717) is 6.04 Å². The van der Waals surface area contributed by atoms with Gasteiger partial charge in [-0.2, -0.15) is 0 Å². The second kappa shape index (κ2) is 6.71. The highest BCUT2D eigenvalue weighted by Crippen LogP contribution is 2.31. The number of hydrogen-bond donors (Lipinski definition) is 1. The molecular formula is C18H28N2. The first kappa shape index (κ1) is 14.1. The summed E-state index contributed by atoms with van der Waals surface area (Å²) in [4.78, 5) is 4.62. The fourth-order valence-corrected chi connectivity index (χ4v) is 4.09. The number of hydrogen-bond acceptors (Lipinski definition) is 2. The van der Waals surface area contributed by atoms with Gasteiger partial charge in [-0.1, -0.05) is 32.3 Å². The van der Waals surface area contributed by atoms with Crippen molar-refractivity contribution in [3.8, 4) is 0 Å². The third kappa shape index (κ3) is 3.41. The summed E-state index contributed by atoms with van der Waals surface area (Å²) in [5.74, 6) is 1.91. The minimum atomic E-state index is 0.501. The molecule has 3 rings (SSSR count). The molecule has 0 spiro atoms. The molecule has 3 atom stereocenters. The van der Waals surface area contributed by atoms with Crippen LogP contribution in [0.3, 0.4) is 0 Å². The van der Waals surface area contributed by atoms with Gasteiger partial charge in [0, 0.05) is 12.2 Å². The first-order valence-electron chi connectivity index (χ1n) is 8.50. The van der Waals surface area contributed by atoms with Gasteiger partial charge in [0.05, 0.1) is 5.69 Å². The summed E-state index contributed by atoms with van der Waals surface area (Å²) in [5, 5.41) is 3.78. The van der Waals surface area contributed by atoms with E-state index in [-0.39, 0.29) is 0 Å². The Morgan fingerprint density at radius 1 is 1.25 bits per heavy atom. The zero-order chi connectivity index (χ0) is 13.8. The van der Waals surface area contributed by atoms with Crippen LogP contribution in [-0.4, -0.2) is 11.5 Å². The molecule has 0 aromatic carbocycles. The molecule has 0 aliphatic heterocycles. The highest BCUT2D eigenvalue weighted by molar-refractivity contribution is 5.25. The summed E-state index contributed by atoms with van der Waals surface area (Å²) in [6.45, 7) is 3.58. The van der Waals surface area contributed by atoms with Crippen LogP contribution >= 0.6 is 0 Å². The van der Waals surface area contributed by atoms with Gasteiger partial charge in [0.15, 0.2) is 0 Å². The highest BCUT2D eigenvalue weighted by Gasteiger charge is 2.22. The number of pyridine rings is 1. The molecule has 1 heterocycles. The van der Waals surface area contributed by atoms with E-state index in [1.54, 1.807) is 0 Å². The van der Waals surface area contributed by atoms with Gasteiger partial charge in [-0.3, -0.25) is 4.98 Å². The lowest BCUT2D eigenvalue weighted by Gasteiger charge is -2.29. The van der Waals surface area contributed by atoms with Crippen LogP contribution in [0.2, 0.25) is 0 Å². The fourth-order valence-electron chi connectivity index (χ4n) is 4.09. The zero-order valence-electron chi connectivity index (χ0n) is 12.8. The van der Waals surface area contributed by atoms with Crippen LogP contribution in [0.5, 0.6) is 0 Å². The van der Waals surface area contributed by atoms with Crippen molar-refractivity contribution in [3.63, 3.8) is 0 Å². The van der Waals surface area contributed by atoms with E-state index in [1.165, 1.54) is 62.6 Å². The molecule has 3 unspecified atom stereocenters. The Balaban J connectivity index is 1.49. The van der Waals surface area contributed by atoms with Crippen molar-refractivity contribution < 1.29 is 0 Å². The molecule has 1 fully saturated rings. The normalized spacial score (nSPS) is 29.9. The lowest BCUT2D eigenvalue weighted by Crippen LogP contribution is -2.28. The first-order valence-corrected chi connectivity index (χ1v) is 8.50. The molecule has 2 nitrogen and oxygen atoms in total. The van der Waals surface area contributed by atoms with Crippen LogP contribution in [-0.2, 0) is 6.42 Å². The van der Waals surface area contributed by atoms with Crippen LogP contribution in [0.4, 0.5) is 0 Å². The van der Waals surface area contributed by atoms with Gasteiger partial charge in [-0.05, 0) is 62.1 Å². The number of aryl methyl sites for hydroxylation is 1. The first-order chi connectivity index (χ1) is 9.83. The lowest BCUT2D eigenvalue weighted by molar-refractivity contribution is 0.263. The Morgan fingerprint density at radius 3 is 3.10 bits per heavy atom. The van der Waals surface area contributed by atoms with Gasteiger partial charge in [-0.25, -0.2) is 0 Å². The molecule has 20 heavy (non-hydrogen) atoms. The molecule has 1 aromatic rings. The molecule has 2 heteroatoms. The van der Waals surface area contributed by atoms with Crippen LogP contribution in [0.15, 0.2) is 18.3 Å². The second-order valence-corrected chi connectivity index (χ2v) is 6.87. The van der Waals surface area contributed by atoms with E-state index >= 15 is 0 Å². The minimum absolute atomic E-state index is 0.501. The summed E-state index contributed by atoms with van der Waals surface area (Å²) in [6, 6.07) is 4.82. The standard InChI is InChI=1S/C18H28N2/c1-14-5-2-6-15(13-14)10-12-19-17-9-3-7-16-8-4-11-20-18(16)17/h4,8,11,14-15,17,19H,2-3,5-7,9-10,12-13H2,1H3. The number of nitrogens with one attached hydrogen (secondary N) is 1. The van der Waals surface area contributed by atoms with Crippen LogP contribution in [0, 0.1) is 11.8 Å². The largest absolute Gasteiger partial charge is 0.309 e. The fraction of sp³-hybridized carbons (Fsp3) is 0.722. The van der Waals surface area contributed by atoms with Gasteiger partial charge < -0.3 is 5.32 Å². The number of nitrogens with zero attached hydrogens (tertiary/aromatic N) is 1. The lowest BCUT2D eigenvalue weighted by atomic mass is 9.81. The second-order valence-electron chi connectivity index (χ2n) is 6.87. The summed E-state index contributed by atoms with van der Waals surface area (Å²) in [7, 11) is 0. The van der Waals surface area contributed by atoms with E-state index in [0.717, 1.165) is 18.4 Å². The molecule has 0 radical (unpaired) electrons. The van der Waals surface area contributed by atoms with Crippen molar-refractivity contribution in [2.24, 2.45) is 11.8 Å². The van der Waals surface area contributed by atoms with Crippen LogP contribution in [0.1, 0.15) is 69.2 Å². The summed E-state index contributed by atoms with van der Waals surface area (Å²) in [5.41, 5.74) is 2.78. The van der Waals surface area contributed by atoms with Crippen molar-refractivity contribution in [2.45, 2.75) is 64.3 Å². The molecule has 1 saturated carbocycles. The van der Waals surface area contributed by atoms with Gasteiger partial charge in [0.1, 0.15) is 0 Å². The van der Waals surface area contributed by atoms with Crippen molar-refractivity contribution in [1.82, 2.24) is 10.3 Å². The van der Waals surface area contributed by atoms with E-state index in [2.05, 4.69) is 29.4 Å². The maximum absolute atomic E-state index is 4.62. The molecule has 2 aliphatic carbocycles. The predicted octanol–water partition coefficient (Wildman–Crippen LogP) is 4.27. The Bertz CT molecular complexity index is 429. The van der Waals surface area contributed by atoms with E-state index < -0.39 is 0 Å². The van der Waals surface area contributed by atoms with Crippen molar-refractivity contribution in [2.75, 3.05) is 6.54 Å². The predicted molar refractivity (Wildman–Crippen MR) is 83.7 cm³/mol. The average molecular weight is 272 g/mol. The van der Waals surface area contributed by atoms with E-state index in [1.807, 2.05) is 6.20 Å². The van der Waals surface area contributed by atoms with Crippen LogP contribution in [0.25, 0.3) is 0 Å². The zero-order valence-corrected chi connectivity index (χ0v) is 12.8. The van der Waals surface area contributed by atoms with Gasteiger partial charge in [-0.15, -0.1) is 0 Å². The van der Waals surface area contributed by atoms with Crippen molar-refractivity contribution in [1.29, 1.82) is 0 Å².